The number of nitro benzene ring substituents is 1. The van der Waals surface area contributed by atoms with Crippen molar-refractivity contribution in [2.24, 2.45) is 0 Å². The number of aryl methyl sites for hydroxylation is 1. The van der Waals surface area contributed by atoms with Gasteiger partial charge in [-0.2, -0.15) is 5.26 Å². The fourth-order valence-corrected chi connectivity index (χ4v) is 1.14. The van der Waals surface area contributed by atoms with Crippen molar-refractivity contribution in [1.29, 1.82) is 5.26 Å². The molecule has 0 N–H and O–H groups in total. The number of benzene rings is 1. The summed E-state index contributed by atoms with van der Waals surface area (Å²) in [6, 6.07) is 6.50. The third kappa shape index (κ3) is 2.44. The van der Waals surface area contributed by atoms with Crippen molar-refractivity contribution in [1.82, 2.24) is 0 Å². The van der Waals surface area contributed by atoms with E-state index in [1.165, 1.54) is 13.0 Å². The van der Waals surface area contributed by atoms with E-state index < -0.39 is 11.0 Å². The summed E-state index contributed by atoms with van der Waals surface area (Å²) >= 11 is 0. The quantitative estimate of drug-likeness (QED) is 0.561. The SMILES string of the molecule is Cc1cccc([N+](=O)[O-])c1OC(C)C#N. The molecule has 15 heavy (non-hydrogen) atoms. The molecule has 0 saturated carbocycles. The molecular weight excluding hydrogens is 196 g/mol. The van der Waals surface area contributed by atoms with E-state index in [2.05, 4.69) is 0 Å². The molecule has 5 nitrogen and oxygen atoms in total. The van der Waals surface area contributed by atoms with Crippen LogP contribution in [0.5, 0.6) is 5.75 Å². The lowest BCUT2D eigenvalue weighted by Gasteiger charge is -2.10. The number of hydrogen-bond donors (Lipinski definition) is 0. The first-order chi connectivity index (χ1) is 7.06. The molecule has 1 atom stereocenters. The molecule has 0 amide bonds. The number of ether oxygens (including phenoxy) is 1. The summed E-state index contributed by atoms with van der Waals surface area (Å²) in [5.74, 6) is 0.163. The van der Waals surface area contributed by atoms with Crippen molar-refractivity contribution in [2.75, 3.05) is 0 Å². The predicted octanol–water partition coefficient (Wildman–Crippen LogP) is 2.19. The Kier molecular flexibility index (Phi) is 3.24. The zero-order chi connectivity index (χ0) is 11.4. The number of para-hydroxylation sites is 1. The van der Waals surface area contributed by atoms with Crippen LogP contribution in [0.2, 0.25) is 0 Å². The zero-order valence-corrected chi connectivity index (χ0v) is 8.43. The summed E-state index contributed by atoms with van der Waals surface area (Å²) in [7, 11) is 0. The maximum Gasteiger partial charge on any atom is 0.311 e. The summed E-state index contributed by atoms with van der Waals surface area (Å²) in [5.41, 5.74) is 0.531. The van der Waals surface area contributed by atoms with E-state index in [-0.39, 0.29) is 11.4 Å². The minimum atomic E-state index is -0.704. The molecule has 1 aromatic carbocycles. The van der Waals surface area contributed by atoms with Crippen molar-refractivity contribution in [3.63, 3.8) is 0 Å². The van der Waals surface area contributed by atoms with Crippen LogP contribution in [-0.2, 0) is 0 Å². The molecule has 1 unspecified atom stereocenters. The molecule has 0 bridgehead atoms. The van der Waals surface area contributed by atoms with Gasteiger partial charge in [0.25, 0.3) is 0 Å². The third-order valence-corrected chi connectivity index (χ3v) is 1.86. The van der Waals surface area contributed by atoms with E-state index in [9.17, 15) is 10.1 Å². The first-order valence-corrected chi connectivity index (χ1v) is 4.36. The maximum absolute atomic E-state index is 10.7. The number of hydrogen-bond acceptors (Lipinski definition) is 4. The molecule has 0 spiro atoms. The van der Waals surface area contributed by atoms with E-state index >= 15 is 0 Å². The highest BCUT2D eigenvalue weighted by molar-refractivity contribution is 5.51. The lowest BCUT2D eigenvalue weighted by atomic mass is 10.2. The summed E-state index contributed by atoms with van der Waals surface area (Å²) in [6.07, 6.45) is -0.704. The van der Waals surface area contributed by atoms with Gasteiger partial charge in [-0.3, -0.25) is 10.1 Å². The van der Waals surface area contributed by atoms with Gasteiger partial charge in [0.15, 0.2) is 6.10 Å². The molecule has 0 fully saturated rings. The summed E-state index contributed by atoms with van der Waals surface area (Å²) < 4.78 is 5.18. The summed E-state index contributed by atoms with van der Waals surface area (Å²) in [5, 5.41) is 19.3. The predicted molar refractivity (Wildman–Crippen MR) is 53.5 cm³/mol. The summed E-state index contributed by atoms with van der Waals surface area (Å²) in [6.45, 7) is 3.24. The van der Waals surface area contributed by atoms with Crippen molar-refractivity contribution in [3.8, 4) is 11.8 Å². The Morgan fingerprint density at radius 3 is 2.80 bits per heavy atom. The fourth-order valence-electron chi connectivity index (χ4n) is 1.14. The second kappa shape index (κ2) is 4.42. The normalized spacial score (nSPS) is 11.5. The topological polar surface area (TPSA) is 76.2 Å². The van der Waals surface area contributed by atoms with Gasteiger partial charge < -0.3 is 4.74 Å². The van der Waals surface area contributed by atoms with Crippen molar-refractivity contribution >= 4 is 5.69 Å². The van der Waals surface area contributed by atoms with Crippen LogP contribution in [0.4, 0.5) is 5.69 Å². The Bertz CT molecular complexity index is 423. The van der Waals surface area contributed by atoms with E-state index in [0.29, 0.717) is 5.56 Å². The largest absolute Gasteiger partial charge is 0.468 e. The monoisotopic (exact) mass is 206 g/mol. The van der Waals surface area contributed by atoms with Gasteiger partial charge in [0, 0.05) is 6.07 Å². The Morgan fingerprint density at radius 2 is 2.27 bits per heavy atom. The van der Waals surface area contributed by atoms with Crippen LogP contribution >= 0.6 is 0 Å². The van der Waals surface area contributed by atoms with Crippen LogP contribution in [-0.4, -0.2) is 11.0 Å². The lowest BCUT2D eigenvalue weighted by Crippen LogP contribution is -2.10. The Morgan fingerprint density at radius 1 is 1.60 bits per heavy atom. The zero-order valence-electron chi connectivity index (χ0n) is 8.43. The van der Waals surface area contributed by atoms with Gasteiger partial charge in [-0.1, -0.05) is 12.1 Å². The third-order valence-electron chi connectivity index (χ3n) is 1.86. The second-order valence-electron chi connectivity index (χ2n) is 3.07. The van der Waals surface area contributed by atoms with Crippen LogP contribution in [0, 0.1) is 28.4 Å². The number of nitro groups is 1. The molecule has 5 heteroatoms. The molecule has 0 aliphatic carbocycles. The average Bonchev–Trinajstić information content (AvgIpc) is 2.20. The molecule has 0 radical (unpaired) electrons. The lowest BCUT2D eigenvalue weighted by molar-refractivity contribution is -0.386. The van der Waals surface area contributed by atoms with Crippen molar-refractivity contribution in [2.45, 2.75) is 20.0 Å². The smallest absolute Gasteiger partial charge is 0.311 e. The number of nitrogens with zero attached hydrogens (tertiary/aromatic N) is 2. The van der Waals surface area contributed by atoms with Crippen LogP contribution in [0.3, 0.4) is 0 Å². The van der Waals surface area contributed by atoms with Crippen LogP contribution in [0.15, 0.2) is 18.2 Å². The second-order valence-corrected chi connectivity index (χ2v) is 3.07. The molecule has 0 heterocycles. The maximum atomic E-state index is 10.7. The first-order valence-electron chi connectivity index (χ1n) is 4.36. The standard InChI is InChI=1S/C10H10N2O3/c1-7-4-3-5-9(12(13)14)10(7)15-8(2)6-11/h3-5,8H,1-2H3. The Labute approximate surface area is 87.1 Å². The molecule has 0 saturated heterocycles. The molecular formula is C10H10N2O3. The van der Waals surface area contributed by atoms with Crippen LogP contribution in [0.25, 0.3) is 0 Å². The molecule has 0 aliphatic rings. The number of rotatable bonds is 3. The van der Waals surface area contributed by atoms with E-state index in [0.717, 1.165) is 0 Å². The van der Waals surface area contributed by atoms with Crippen molar-refractivity contribution in [3.05, 3.63) is 33.9 Å². The van der Waals surface area contributed by atoms with E-state index in [1.54, 1.807) is 19.1 Å². The Balaban J connectivity index is 3.14. The van der Waals surface area contributed by atoms with E-state index in [1.807, 2.05) is 6.07 Å². The molecule has 0 aliphatic heterocycles. The highest BCUT2D eigenvalue weighted by atomic mass is 16.6. The highest BCUT2D eigenvalue weighted by Gasteiger charge is 2.18. The molecule has 1 aromatic rings. The van der Waals surface area contributed by atoms with Crippen molar-refractivity contribution < 1.29 is 9.66 Å². The molecule has 1 rings (SSSR count). The fraction of sp³-hybridized carbons (Fsp3) is 0.300. The summed E-state index contributed by atoms with van der Waals surface area (Å²) in [4.78, 5) is 10.2. The van der Waals surface area contributed by atoms with Gasteiger partial charge in [0.2, 0.25) is 5.75 Å². The molecule has 78 valence electrons. The van der Waals surface area contributed by atoms with Gasteiger partial charge in [-0.15, -0.1) is 0 Å². The highest BCUT2D eigenvalue weighted by Crippen LogP contribution is 2.30. The van der Waals surface area contributed by atoms with Crippen LogP contribution < -0.4 is 4.74 Å². The van der Waals surface area contributed by atoms with Gasteiger partial charge in [-0.05, 0) is 19.4 Å². The minimum Gasteiger partial charge on any atom is -0.468 e. The van der Waals surface area contributed by atoms with Gasteiger partial charge >= 0.3 is 5.69 Å². The first kappa shape index (κ1) is 11.0. The average molecular weight is 206 g/mol. The Hall–Kier alpha value is -2.09. The number of nitriles is 1. The van der Waals surface area contributed by atoms with E-state index in [4.69, 9.17) is 10.00 Å². The van der Waals surface area contributed by atoms with Gasteiger partial charge in [0.05, 0.1) is 4.92 Å². The molecule has 0 aromatic heterocycles. The van der Waals surface area contributed by atoms with Crippen LogP contribution in [0.1, 0.15) is 12.5 Å². The minimum absolute atomic E-state index is 0.114. The van der Waals surface area contributed by atoms with Gasteiger partial charge in [0.1, 0.15) is 6.07 Å². The van der Waals surface area contributed by atoms with Gasteiger partial charge in [-0.25, -0.2) is 0 Å².